The van der Waals surface area contributed by atoms with E-state index in [4.69, 9.17) is 9.47 Å². The topological polar surface area (TPSA) is 88.1 Å². The lowest BCUT2D eigenvalue weighted by Gasteiger charge is -2.23. The lowest BCUT2D eigenvalue weighted by Crippen LogP contribution is -2.42. The van der Waals surface area contributed by atoms with Crippen molar-refractivity contribution in [1.82, 2.24) is 10.2 Å². The van der Waals surface area contributed by atoms with Gasteiger partial charge in [-0.25, -0.2) is 9.59 Å². The third-order valence-electron chi connectivity index (χ3n) is 5.72. The van der Waals surface area contributed by atoms with E-state index in [1.165, 1.54) is 19.3 Å². The Bertz CT molecular complexity index is 857. The molecule has 0 saturated carbocycles. The fraction of sp³-hybridized carbons (Fsp3) is 0.500. The van der Waals surface area contributed by atoms with Gasteiger partial charge in [0, 0.05) is 26.1 Å². The monoisotopic (exact) mass is 484 g/mol. The zero-order valence-electron chi connectivity index (χ0n) is 21.1. The van der Waals surface area contributed by atoms with Crippen LogP contribution < -0.4 is 10.1 Å². The third kappa shape index (κ3) is 11.3. The highest BCUT2D eigenvalue weighted by Gasteiger charge is 2.18. The van der Waals surface area contributed by atoms with Crippen LogP contribution in [0.15, 0.2) is 54.6 Å². The van der Waals surface area contributed by atoms with Crippen LogP contribution in [0.5, 0.6) is 5.75 Å². The van der Waals surface area contributed by atoms with E-state index < -0.39 is 12.1 Å². The minimum Gasteiger partial charge on any atom is -0.492 e. The van der Waals surface area contributed by atoms with Crippen LogP contribution in [0.1, 0.15) is 57.1 Å². The average molecular weight is 485 g/mol. The summed E-state index contributed by atoms with van der Waals surface area (Å²) in [6, 6.07) is 17.1. The van der Waals surface area contributed by atoms with Crippen LogP contribution in [0.25, 0.3) is 0 Å². The van der Waals surface area contributed by atoms with Gasteiger partial charge in [-0.3, -0.25) is 0 Å². The van der Waals surface area contributed by atoms with E-state index in [1.807, 2.05) is 59.5 Å². The molecule has 1 unspecified atom stereocenters. The highest BCUT2D eigenvalue weighted by Crippen LogP contribution is 2.15. The van der Waals surface area contributed by atoms with Crippen molar-refractivity contribution in [3.63, 3.8) is 0 Å². The number of hydrogen-bond acceptors (Lipinski definition) is 4. The van der Waals surface area contributed by atoms with Gasteiger partial charge in [-0.1, -0.05) is 75.1 Å². The lowest BCUT2D eigenvalue weighted by molar-refractivity contribution is -0.149. The Kier molecular flexibility index (Phi) is 13.3. The number of carbonyl (C=O) groups is 2. The first-order valence-corrected chi connectivity index (χ1v) is 12.7. The molecular formula is C28H40N2O5. The smallest absolute Gasteiger partial charge is 0.333 e. The number of carbonyl (C=O) groups excluding carboxylic acids is 1. The summed E-state index contributed by atoms with van der Waals surface area (Å²) in [5.74, 6) is -0.280. The van der Waals surface area contributed by atoms with Gasteiger partial charge in [0.2, 0.25) is 0 Å². The highest BCUT2D eigenvalue weighted by atomic mass is 16.5. The van der Waals surface area contributed by atoms with Crippen molar-refractivity contribution in [3.8, 4) is 5.75 Å². The van der Waals surface area contributed by atoms with Crippen LogP contribution in [-0.4, -0.2) is 54.4 Å². The van der Waals surface area contributed by atoms with Gasteiger partial charge in [-0.15, -0.1) is 0 Å². The fourth-order valence-corrected chi connectivity index (χ4v) is 3.73. The van der Waals surface area contributed by atoms with E-state index in [2.05, 4.69) is 12.2 Å². The Balaban J connectivity index is 1.85. The molecule has 0 heterocycles. The standard InChI is InChI=1S/C28H40N2O5/c1-3-5-6-7-11-18-30(28(33)29-22-24-12-9-8-10-13-24)19-20-35-25-16-14-23(15-17-25)21-26(27(31)32)34-4-2/h8-10,12-17,26H,3-7,11,18-22H2,1-2H3,(H,29,33)(H,31,32). The molecule has 2 aromatic carbocycles. The number of carboxylic acids is 1. The minimum atomic E-state index is -0.965. The molecule has 2 amide bonds. The molecule has 192 valence electrons. The van der Waals surface area contributed by atoms with Gasteiger partial charge in [0.15, 0.2) is 6.10 Å². The summed E-state index contributed by atoms with van der Waals surface area (Å²) >= 11 is 0. The van der Waals surface area contributed by atoms with Gasteiger partial charge < -0.3 is 24.8 Å². The molecule has 2 N–H and O–H groups in total. The SMILES string of the molecule is CCCCCCCN(CCOc1ccc(CC(OCC)C(=O)O)cc1)C(=O)NCc1ccccc1. The van der Waals surface area contributed by atoms with Crippen molar-refractivity contribution in [2.24, 2.45) is 0 Å². The molecule has 35 heavy (non-hydrogen) atoms. The number of nitrogens with one attached hydrogen (secondary N) is 1. The van der Waals surface area contributed by atoms with E-state index in [0.29, 0.717) is 45.0 Å². The summed E-state index contributed by atoms with van der Waals surface area (Å²) in [6.07, 6.45) is 5.12. The zero-order chi connectivity index (χ0) is 25.3. The molecule has 0 bridgehead atoms. The van der Waals surface area contributed by atoms with Gasteiger partial charge in [0.05, 0.1) is 6.54 Å². The number of benzene rings is 2. The quantitative estimate of drug-likeness (QED) is 0.298. The number of amides is 2. The Morgan fingerprint density at radius 3 is 2.29 bits per heavy atom. The first-order valence-electron chi connectivity index (χ1n) is 12.7. The largest absolute Gasteiger partial charge is 0.492 e. The first-order chi connectivity index (χ1) is 17.0. The minimum absolute atomic E-state index is 0.0843. The maximum atomic E-state index is 12.8. The summed E-state index contributed by atoms with van der Waals surface area (Å²) in [5, 5.41) is 12.3. The fourth-order valence-electron chi connectivity index (χ4n) is 3.73. The van der Waals surface area contributed by atoms with E-state index in [9.17, 15) is 14.7 Å². The van der Waals surface area contributed by atoms with E-state index in [0.717, 1.165) is 24.0 Å². The maximum Gasteiger partial charge on any atom is 0.333 e. The summed E-state index contributed by atoms with van der Waals surface area (Å²) in [4.78, 5) is 25.9. The van der Waals surface area contributed by atoms with Crippen molar-refractivity contribution in [3.05, 3.63) is 65.7 Å². The molecule has 0 saturated heterocycles. The Labute approximate surface area is 209 Å². The molecule has 0 aliphatic carbocycles. The first kappa shape index (κ1) is 28.2. The number of nitrogens with zero attached hydrogens (tertiary/aromatic N) is 1. The van der Waals surface area contributed by atoms with Gasteiger partial charge >= 0.3 is 12.0 Å². The Morgan fingerprint density at radius 1 is 0.914 bits per heavy atom. The van der Waals surface area contributed by atoms with Crippen LogP contribution in [0.2, 0.25) is 0 Å². The molecule has 2 aromatic rings. The predicted octanol–water partition coefficient (Wildman–Crippen LogP) is 5.28. The number of rotatable bonds is 17. The van der Waals surface area contributed by atoms with Crippen molar-refractivity contribution >= 4 is 12.0 Å². The molecule has 2 rings (SSSR count). The number of carboxylic acid groups (broad SMARTS) is 1. The molecule has 0 fully saturated rings. The maximum absolute atomic E-state index is 12.8. The highest BCUT2D eigenvalue weighted by molar-refractivity contribution is 5.74. The van der Waals surface area contributed by atoms with Gasteiger partial charge in [0.25, 0.3) is 0 Å². The van der Waals surface area contributed by atoms with Gasteiger partial charge in [-0.05, 0) is 36.6 Å². The zero-order valence-corrected chi connectivity index (χ0v) is 21.1. The molecule has 0 aliphatic heterocycles. The van der Waals surface area contributed by atoms with Crippen molar-refractivity contribution in [1.29, 1.82) is 0 Å². The van der Waals surface area contributed by atoms with Crippen LogP contribution in [-0.2, 0) is 22.5 Å². The van der Waals surface area contributed by atoms with E-state index in [1.54, 1.807) is 6.92 Å². The Hall–Kier alpha value is -3.06. The van der Waals surface area contributed by atoms with E-state index in [-0.39, 0.29) is 6.03 Å². The molecule has 1 atom stereocenters. The Morgan fingerprint density at radius 2 is 1.63 bits per heavy atom. The van der Waals surface area contributed by atoms with Crippen LogP contribution in [0.4, 0.5) is 4.79 Å². The predicted molar refractivity (Wildman–Crippen MR) is 138 cm³/mol. The van der Waals surface area contributed by atoms with Gasteiger partial charge in [0.1, 0.15) is 12.4 Å². The number of urea groups is 1. The van der Waals surface area contributed by atoms with Crippen molar-refractivity contribution in [2.45, 2.75) is 65.0 Å². The molecule has 0 spiro atoms. The molecular weight excluding hydrogens is 444 g/mol. The van der Waals surface area contributed by atoms with Crippen LogP contribution >= 0.6 is 0 Å². The summed E-state index contributed by atoms with van der Waals surface area (Å²) in [7, 11) is 0. The molecule has 7 heteroatoms. The van der Waals surface area contributed by atoms with Crippen LogP contribution in [0.3, 0.4) is 0 Å². The van der Waals surface area contributed by atoms with Gasteiger partial charge in [-0.2, -0.15) is 0 Å². The molecule has 7 nitrogen and oxygen atoms in total. The number of unbranched alkanes of at least 4 members (excludes halogenated alkanes) is 4. The summed E-state index contributed by atoms with van der Waals surface area (Å²) in [6.45, 7) is 6.38. The lowest BCUT2D eigenvalue weighted by atomic mass is 10.1. The van der Waals surface area contributed by atoms with Crippen molar-refractivity contribution < 1.29 is 24.2 Å². The third-order valence-corrected chi connectivity index (χ3v) is 5.72. The molecule has 0 aliphatic rings. The second kappa shape index (κ2) is 16.5. The summed E-state index contributed by atoms with van der Waals surface area (Å²) in [5.41, 5.74) is 1.93. The average Bonchev–Trinajstić information content (AvgIpc) is 2.87. The normalized spacial score (nSPS) is 11.6. The number of ether oxygens (including phenoxy) is 2. The number of aliphatic carboxylic acids is 1. The van der Waals surface area contributed by atoms with Crippen LogP contribution in [0, 0.1) is 0 Å². The molecule has 0 aromatic heterocycles. The second-order valence-electron chi connectivity index (χ2n) is 8.52. The molecule has 0 radical (unpaired) electrons. The van der Waals surface area contributed by atoms with Crippen molar-refractivity contribution in [2.75, 3.05) is 26.3 Å². The summed E-state index contributed by atoms with van der Waals surface area (Å²) < 4.78 is 11.2. The number of hydrogen-bond donors (Lipinski definition) is 2. The van der Waals surface area contributed by atoms with E-state index >= 15 is 0 Å². The second-order valence-corrected chi connectivity index (χ2v) is 8.52.